The van der Waals surface area contributed by atoms with Crippen molar-refractivity contribution >= 4 is 34.8 Å². The van der Waals surface area contributed by atoms with Gasteiger partial charge in [-0.2, -0.15) is 0 Å². The molecule has 0 saturated heterocycles. The molecule has 184 valence electrons. The Kier molecular flexibility index (Phi) is 9.50. The zero-order valence-electron chi connectivity index (χ0n) is 21.5. The minimum absolute atomic E-state index is 0.00692. The maximum Gasteiger partial charge on any atom is 0.227 e. The third kappa shape index (κ3) is 9.18. The Labute approximate surface area is 199 Å². The van der Waals surface area contributed by atoms with Gasteiger partial charge in [0.1, 0.15) is 0 Å². The standard InChI is InChI=1S/C27H43N3O3/c1-17(2)12-24(31)28-21-14-22(29-25(32)13-18(3)4)16-23(15-21)30-26(33)19-8-10-20(11-9-19)27(5,6)7/h14-20H,8-13H2,1-7H3,(H,28,31)(H,29,32)(H,30,33)/t19-,20-. The van der Waals surface area contributed by atoms with Crippen molar-refractivity contribution in [1.82, 2.24) is 0 Å². The lowest BCUT2D eigenvalue weighted by atomic mass is 9.69. The van der Waals surface area contributed by atoms with Crippen molar-refractivity contribution < 1.29 is 14.4 Å². The number of hydrogen-bond donors (Lipinski definition) is 3. The van der Waals surface area contributed by atoms with Crippen molar-refractivity contribution in [3.8, 4) is 0 Å². The van der Waals surface area contributed by atoms with E-state index in [0.29, 0.717) is 35.8 Å². The van der Waals surface area contributed by atoms with E-state index in [9.17, 15) is 14.4 Å². The molecule has 0 radical (unpaired) electrons. The second-order valence-corrected chi connectivity index (χ2v) is 11.5. The Bertz CT molecular complexity index is 789. The fraction of sp³-hybridized carbons (Fsp3) is 0.667. The Balaban J connectivity index is 2.13. The SMILES string of the molecule is CC(C)CC(=O)Nc1cc(NC(=O)CC(C)C)cc(NC(=O)[C@H]2CC[C@H](C(C)(C)C)CC2)c1. The van der Waals surface area contributed by atoms with Gasteiger partial charge in [-0.25, -0.2) is 0 Å². The highest BCUT2D eigenvalue weighted by Gasteiger charge is 2.32. The van der Waals surface area contributed by atoms with Crippen molar-refractivity contribution in [1.29, 1.82) is 0 Å². The molecule has 0 aliphatic heterocycles. The summed E-state index contributed by atoms with van der Waals surface area (Å²) in [7, 11) is 0. The van der Waals surface area contributed by atoms with Crippen LogP contribution in [0.4, 0.5) is 17.1 Å². The van der Waals surface area contributed by atoms with E-state index in [1.165, 1.54) is 0 Å². The van der Waals surface area contributed by atoms with Crippen molar-refractivity contribution in [3.63, 3.8) is 0 Å². The van der Waals surface area contributed by atoms with E-state index in [-0.39, 0.29) is 40.9 Å². The second kappa shape index (κ2) is 11.7. The number of rotatable bonds is 8. The van der Waals surface area contributed by atoms with Gasteiger partial charge in [0, 0.05) is 35.8 Å². The van der Waals surface area contributed by atoms with Crippen LogP contribution in [0.25, 0.3) is 0 Å². The Morgan fingerprint density at radius 2 is 1.15 bits per heavy atom. The molecule has 1 saturated carbocycles. The van der Waals surface area contributed by atoms with E-state index in [4.69, 9.17) is 0 Å². The van der Waals surface area contributed by atoms with E-state index in [0.717, 1.165) is 25.7 Å². The summed E-state index contributed by atoms with van der Waals surface area (Å²) in [4.78, 5) is 37.6. The number of benzene rings is 1. The van der Waals surface area contributed by atoms with Crippen LogP contribution in [0.15, 0.2) is 18.2 Å². The highest BCUT2D eigenvalue weighted by atomic mass is 16.2. The minimum Gasteiger partial charge on any atom is -0.326 e. The van der Waals surface area contributed by atoms with Gasteiger partial charge in [-0.3, -0.25) is 14.4 Å². The molecule has 1 aliphatic rings. The molecule has 6 heteroatoms. The Morgan fingerprint density at radius 3 is 1.52 bits per heavy atom. The smallest absolute Gasteiger partial charge is 0.227 e. The van der Waals surface area contributed by atoms with Crippen molar-refractivity contribution in [2.45, 2.75) is 87.0 Å². The first-order valence-corrected chi connectivity index (χ1v) is 12.4. The lowest BCUT2D eigenvalue weighted by Gasteiger charge is -2.36. The molecule has 1 aromatic carbocycles. The summed E-state index contributed by atoms with van der Waals surface area (Å²) in [5, 5.41) is 8.84. The largest absolute Gasteiger partial charge is 0.326 e. The molecule has 0 atom stereocenters. The number of hydrogen-bond acceptors (Lipinski definition) is 3. The first-order valence-electron chi connectivity index (χ1n) is 12.4. The van der Waals surface area contributed by atoms with Crippen LogP contribution >= 0.6 is 0 Å². The molecule has 0 aromatic heterocycles. The highest BCUT2D eigenvalue weighted by Crippen LogP contribution is 2.40. The van der Waals surface area contributed by atoms with Gasteiger partial charge in [0.2, 0.25) is 17.7 Å². The predicted molar refractivity (Wildman–Crippen MR) is 136 cm³/mol. The van der Waals surface area contributed by atoms with E-state index < -0.39 is 0 Å². The summed E-state index contributed by atoms with van der Waals surface area (Å²) in [6, 6.07) is 5.25. The van der Waals surface area contributed by atoms with Gasteiger partial charge >= 0.3 is 0 Å². The van der Waals surface area contributed by atoms with Crippen LogP contribution in [0.3, 0.4) is 0 Å². The van der Waals surface area contributed by atoms with Gasteiger partial charge in [0.15, 0.2) is 0 Å². The number of amides is 3. The molecule has 0 heterocycles. The number of carbonyl (C=O) groups is 3. The van der Waals surface area contributed by atoms with E-state index in [2.05, 4.69) is 36.7 Å². The number of carbonyl (C=O) groups excluding carboxylic acids is 3. The summed E-state index contributed by atoms with van der Waals surface area (Å²) < 4.78 is 0. The fourth-order valence-electron chi connectivity index (χ4n) is 4.48. The summed E-state index contributed by atoms with van der Waals surface area (Å²) in [5.74, 6) is 0.933. The van der Waals surface area contributed by atoms with Gasteiger partial charge < -0.3 is 16.0 Å². The Hall–Kier alpha value is -2.37. The molecule has 3 amide bonds. The summed E-state index contributed by atoms with van der Waals surface area (Å²) >= 11 is 0. The van der Waals surface area contributed by atoms with E-state index in [1.54, 1.807) is 18.2 Å². The van der Waals surface area contributed by atoms with Crippen LogP contribution in [0, 0.1) is 29.1 Å². The van der Waals surface area contributed by atoms with E-state index >= 15 is 0 Å². The van der Waals surface area contributed by atoms with Gasteiger partial charge in [0.25, 0.3) is 0 Å². The average Bonchev–Trinajstić information content (AvgIpc) is 2.65. The van der Waals surface area contributed by atoms with Gasteiger partial charge in [-0.15, -0.1) is 0 Å². The number of nitrogens with one attached hydrogen (secondary N) is 3. The lowest BCUT2D eigenvalue weighted by molar-refractivity contribution is -0.121. The fourth-order valence-corrected chi connectivity index (χ4v) is 4.48. The minimum atomic E-state index is -0.0894. The highest BCUT2D eigenvalue weighted by molar-refractivity contribution is 5.98. The van der Waals surface area contributed by atoms with Crippen molar-refractivity contribution in [3.05, 3.63) is 18.2 Å². The normalized spacial score (nSPS) is 18.8. The van der Waals surface area contributed by atoms with Crippen LogP contribution in [-0.2, 0) is 14.4 Å². The molecule has 1 aromatic rings. The average molecular weight is 458 g/mol. The lowest BCUT2D eigenvalue weighted by Crippen LogP contribution is -2.31. The topological polar surface area (TPSA) is 87.3 Å². The molecule has 1 aliphatic carbocycles. The van der Waals surface area contributed by atoms with Crippen molar-refractivity contribution in [2.24, 2.45) is 29.1 Å². The maximum atomic E-state index is 13.0. The quantitative estimate of drug-likeness (QED) is 0.419. The summed E-state index contributed by atoms with van der Waals surface area (Å²) in [6.45, 7) is 14.8. The van der Waals surface area contributed by atoms with Crippen LogP contribution in [0.5, 0.6) is 0 Å². The van der Waals surface area contributed by atoms with Crippen molar-refractivity contribution in [2.75, 3.05) is 16.0 Å². The molecule has 6 nitrogen and oxygen atoms in total. The molecule has 0 spiro atoms. The summed E-state index contributed by atoms with van der Waals surface area (Å²) in [5.41, 5.74) is 1.98. The van der Waals surface area contributed by atoms with Crippen LogP contribution < -0.4 is 16.0 Å². The van der Waals surface area contributed by atoms with Gasteiger partial charge in [0.05, 0.1) is 0 Å². The zero-order valence-corrected chi connectivity index (χ0v) is 21.5. The van der Waals surface area contributed by atoms with Crippen LogP contribution in [-0.4, -0.2) is 17.7 Å². The molecular weight excluding hydrogens is 414 g/mol. The third-order valence-electron chi connectivity index (χ3n) is 6.28. The van der Waals surface area contributed by atoms with Gasteiger partial charge in [-0.1, -0.05) is 48.5 Å². The van der Waals surface area contributed by atoms with Crippen LogP contribution in [0.2, 0.25) is 0 Å². The second-order valence-electron chi connectivity index (χ2n) is 11.5. The van der Waals surface area contributed by atoms with Gasteiger partial charge in [-0.05, 0) is 67.1 Å². The third-order valence-corrected chi connectivity index (χ3v) is 6.28. The molecule has 2 rings (SSSR count). The van der Waals surface area contributed by atoms with E-state index in [1.807, 2.05) is 27.7 Å². The first-order chi connectivity index (χ1) is 15.3. The summed E-state index contributed by atoms with van der Waals surface area (Å²) in [6.07, 6.45) is 4.70. The Morgan fingerprint density at radius 1 is 0.758 bits per heavy atom. The molecule has 33 heavy (non-hydrogen) atoms. The first kappa shape index (κ1) is 26.9. The molecule has 0 bridgehead atoms. The molecule has 3 N–H and O–H groups in total. The molecule has 1 fully saturated rings. The van der Waals surface area contributed by atoms with Crippen LogP contribution in [0.1, 0.15) is 87.0 Å². The molecular formula is C27H43N3O3. The maximum absolute atomic E-state index is 13.0. The number of anilines is 3. The zero-order chi connectivity index (χ0) is 24.8. The monoisotopic (exact) mass is 457 g/mol. The molecule has 0 unspecified atom stereocenters. The predicted octanol–water partition coefficient (Wildman–Crippen LogP) is 6.45.